The van der Waals surface area contributed by atoms with Crippen molar-refractivity contribution in [3.05, 3.63) is 0 Å². The first-order valence-electron chi connectivity index (χ1n) is 6.28. The van der Waals surface area contributed by atoms with Gasteiger partial charge in [0.15, 0.2) is 0 Å². The van der Waals surface area contributed by atoms with Gasteiger partial charge in [-0.2, -0.15) is 0 Å². The fraction of sp³-hybridized carbons (Fsp3) is 1.00. The fourth-order valence-electron chi connectivity index (χ4n) is 3.06. The van der Waals surface area contributed by atoms with Gasteiger partial charge in [-0.1, -0.05) is 20.8 Å². The Bertz CT molecular complexity index is 178. The van der Waals surface area contributed by atoms with E-state index in [0.717, 1.165) is 11.8 Å². The summed E-state index contributed by atoms with van der Waals surface area (Å²) in [6.45, 7) is 11.3. The average molecular weight is 195 g/mol. The molecule has 2 heterocycles. The van der Waals surface area contributed by atoms with Gasteiger partial charge in [0.25, 0.3) is 0 Å². The lowest BCUT2D eigenvalue weighted by Gasteiger charge is -2.35. The highest BCUT2D eigenvalue weighted by Crippen LogP contribution is 2.38. The van der Waals surface area contributed by atoms with Crippen LogP contribution in [0.4, 0.5) is 0 Å². The summed E-state index contributed by atoms with van der Waals surface area (Å²) in [6, 6.07) is 0. The topological polar surface area (TPSA) is 3.24 Å². The molecule has 14 heavy (non-hydrogen) atoms. The molecule has 1 nitrogen and oxygen atoms in total. The standard InChI is InChI=1S/C13H25N/c1-13(2,3)12-9-11-5-4-7-14(10-12)8-6-11/h11-12H,4-10H2,1-3H3. The predicted molar refractivity (Wildman–Crippen MR) is 61.3 cm³/mol. The summed E-state index contributed by atoms with van der Waals surface area (Å²) in [6.07, 6.45) is 5.89. The van der Waals surface area contributed by atoms with Crippen LogP contribution in [0, 0.1) is 17.3 Å². The van der Waals surface area contributed by atoms with Gasteiger partial charge in [0.05, 0.1) is 0 Å². The van der Waals surface area contributed by atoms with E-state index < -0.39 is 0 Å². The van der Waals surface area contributed by atoms with Crippen molar-refractivity contribution in [2.24, 2.45) is 17.3 Å². The van der Waals surface area contributed by atoms with E-state index in [4.69, 9.17) is 0 Å². The largest absolute Gasteiger partial charge is 0.303 e. The molecule has 0 aromatic heterocycles. The van der Waals surface area contributed by atoms with Gasteiger partial charge in [-0.15, -0.1) is 0 Å². The molecule has 3 atom stereocenters. The highest BCUT2D eigenvalue weighted by atomic mass is 15.1. The second kappa shape index (κ2) is 3.84. The molecular weight excluding hydrogens is 170 g/mol. The monoisotopic (exact) mass is 195 g/mol. The van der Waals surface area contributed by atoms with Crippen LogP contribution in [0.3, 0.4) is 0 Å². The molecule has 1 heteroatoms. The maximum atomic E-state index is 2.71. The molecule has 0 aromatic carbocycles. The van der Waals surface area contributed by atoms with Gasteiger partial charge in [0, 0.05) is 6.54 Å². The Hall–Kier alpha value is -0.0400. The fourth-order valence-corrected chi connectivity index (χ4v) is 3.06. The summed E-state index contributed by atoms with van der Waals surface area (Å²) in [5, 5.41) is 0. The first-order valence-corrected chi connectivity index (χ1v) is 6.28. The molecular formula is C13H25N. The third-order valence-corrected chi connectivity index (χ3v) is 4.26. The number of fused-ring (bicyclic) bond motifs is 3. The Morgan fingerprint density at radius 2 is 1.86 bits per heavy atom. The summed E-state index contributed by atoms with van der Waals surface area (Å²) in [4.78, 5) is 2.71. The SMILES string of the molecule is CC(C)(C)C1CC2CCCN(CC2)C1. The summed E-state index contributed by atoms with van der Waals surface area (Å²) in [5.41, 5.74) is 0.512. The molecule has 2 bridgehead atoms. The lowest BCUT2D eigenvalue weighted by Crippen LogP contribution is -2.35. The van der Waals surface area contributed by atoms with E-state index >= 15 is 0 Å². The van der Waals surface area contributed by atoms with E-state index in [1.807, 2.05) is 0 Å². The number of rotatable bonds is 0. The van der Waals surface area contributed by atoms with Gasteiger partial charge in [-0.05, 0) is 56.0 Å². The second-order valence-corrected chi connectivity index (χ2v) is 6.40. The van der Waals surface area contributed by atoms with Crippen LogP contribution < -0.4 is 0 Å². The van der Waals surface area contributed by atoms with E-state index in [1.54, 1.807) is 0 Å². The molecule has 0 spiro atoms. The van der Waals surface area contributed by atoms with E-state index in [2.05, 4.69) is 25.7 Å². The van der Waals surface area contributed by atoms with Crippen LogP contribution in [-0.4, -0.2) is 24.5 Å². The van der Waals surface area contributed by atoms with Crippen LogP contribution in [0.1, 0.15) is 46.5 Å². The van der Waals surface area contributed by atoms with Crippen molar-refractivity contribution in [2.45, 2.75) is 46.5 Å². The van der Waals surface area contributed by atoms with Crippen molar-refractivity contribution in [2.75, 3.05) is 19.6 Å². The molecule has 2 aliphatic heterocycles. The van der Waals surface area contributed by atoms with E-state index in [1.165, 1.54) is 45.3 Å². The Labute approximate surface area is 88.9 Å². The normalized spacial score (nSPS) is 39.2. The molecule has 0 aromatic rings. The minimum absolute atomic E-state index is 0.512. The molecule has 0 radical (unpaired) electrons. The van der Waals surface area contributed by atoms with Crippen molar-refractivity contribution in [1.29, 1.82) is 0 Å². The highest BCUT2D eigenvalue weighted by molar-refractivity contribution is 4.85. The summed E-state index contributed by atoms with van der Waals surface area (Å²) in [5.74, 6) is 1.96. The number of hydrogen-bond acceptors (Lipinski definition) is 1. The Morgan fingerprint density at radius 1 is 1.07 bits per heavy atom. The van der Waals surface area contributed by atoms with Crippen molar-refractivity contribution < 1.29 is 0 Å². The summed E-state index contributed by atoms with van der Waals surface area (Å²) < 4.78 is 0. The third kappa shape index (κ3) is 2.31. The predicted octanol–water partition coefficient (Wildman–Crippen LogP) is 3.15. The van der Waals surface area contributed by atoms with Gasteiger partial charge >= 0.3 is 0 Å². The maximum absolute atomic E-state index is 2.71. The van der Waals surface area contributed by atoms with Crippen LogP contribution in [0.25, 0.3) is 0 Å². The molecule has 2 fully saturated rings. The van der Waals surface area contributed by atoms with E-state index in [0.29, 0.717) is 5.41 Å². The van der Waals surface area contributed by atoms with Crippen LogP contribution in [0.5, 0.6) is 0 Å². The minimum Gasteiger partial charge on any atom is -0.303 e. The Balaban J connectivity index is 2.08. The van der Waals surface area contributed by atoms with Crippen LogP contribution in [-0.2, 0) is 0 Å². The highest BCUT2D eigenvalue weighted by Gasteiger charge is 2.33. The Morgan fingerprint density at radius 3 is 2.57 bits per heavy atom. The number of nitrogens with zero attached hydrogens (tertiary/aromatic N) is 1. The van der Waals surface area contributed by atoms with E-state index in [-0.39, 0.29) is 0 Å². The van der Waals surface area contributed by atoms with Crippen LogP contribution in [0.2, 0.25) is 0 Å². The molecule has 0 aliphatic carbocycles. The lowest BCUT2D eigenvalue weighted by atomic mass is 9.74. The van der Waals surface area contributed by atoms with Gasteiger partial charge in [-0.3, -0.25) is 0 Å². The molecule has 0 saturated carbocycles. The smallest absolute Gasteiger partial charge is 0.00148 e. The zero-order valence-corrected chi connectivity index (χ0v) is 10.1. The summed E-state index contributed by atoms with van der Waals surface area (Å²) in [7, 11) is 0. The first kappa shape index (κ1) is 10.5. The van der Waals surface area contributed by atoms with Crippen molar-refractivity contribution in [3.63, 3.8) is 0 Å². The Kier molecular flexibility index (Phi) is 2.88. The van der Waals surface area contributed by atoms with E-state index in [9.17, 15) is 0 Å². The first-order chi connectivity index (χ1) is 6.55. The van der Waals surface area contributed by atoms with Crippen LogP contribution >= 0.6 is 0 Å². The third-order valence-electron chi connectivity index (χ3n) is 4.26. The van der Waals surface area contributed by atoms with Crippen molar-refractivity contribution in [3.8, 4) is 0 Å². The van der Waals surface area contributed by atoms with Crippen LogP contribution in [0.15, 0.2) is 0 Å². The minimum atomic E-state index is 0.512. The van der Waals surface area contributed by atoms with Crippen molar-refractivity contribution in [1.82, 2.24) is 4.90 Å². The zero-order valence-electron chi connectivity index (χ0n) is 10.1. The van der Waals surface area contributed by atoms with Gasteiger partial charge in [0.1, 0.15) is 0 Å². The quantitative estimate of drug-likeness (QED) is 0.574. The average Bonchev–Trinajstić information content (AvgIpc) is 2.32. The molecule has 2 rings (SSSR count). The molecule has 2 saturated heterocycles. The molecule has 0 N–H and O–H groups in total. The molecule has 0 amide bonds. The molecule has 82 valence electrons. The maximum Gasteiger partial charge on any atom is 0.00148 e. The van der Waals surface area contributed by atoms with Gasteiger partial charge in [0.2, 0.25) is 0 Å². The van der Waals surface area contributed by atoms with Crippen molar-refractivity contribution >= 4 is 0 Å². The van der Waals surface area contributed by atoms with Gasteiger partial charge < -0.3 is 4.90 Å². The molecule has 2 aliphatic rings. The summed E-state index contributed by atoms with van der Waals surface area (Å²) >= 11 is 0. The second-order valence-electron chi connectivity index (χ2n) is 6.40. The molecule has 3 unspecified atom stereocenters. The zero-order chi connectivity index (χ0) is 10.2. The lowest BCUT2D eigenvalue weighted by molar-refractivity contribution is 0.139. The number of hydrogen-bond donors (Lipinski definition) is 0. The van der Waals surface area contributed by atoms with Gasteiger partial charge in [-0.25, -0.2) is 0 Å².